The Morgan fingerprint density at radius 3 is 2.46 bits per heavy atom. The summed E-state index contributed by atoms with van der Waals surface area (Å²) in [5, 5.41) is 5.77. The normalized spacial score (nSPS) is 14.0. The first-order valence-corrected chi connectivity index (χ1v) is 8.43. The van der Waals surface area contributed by atoms with Crippen LogP contribution >= 0.6 is 23.2 Å². The number of amides is 1. The van der Waals surface area contributed by atoms with Crippen LogP contribution in [0.1, 0.15) is 37.6 Å². The van der Waals surface area contributed by atoms with Gasteiger partial charge in [0.25, 0.3) is 0 Å². The molecule has 1 amide bonds. The van der Waals surface area contributed by atoms with E-state index in [1.807, 2.05) is 43.8 Å². The summed E-state index contributed by atoms with van der Waals surface area (Å²) in [4.78, 5) is 13.8. The summed E-state index contributed by atoms with van der Waals surface area (Å²) in [7, 11) is 0. The molecule has 128 valence electrons. The van der Waals surface area contributed by atoms with Crippen molar-refractivity contribution in [2.24, 2.45) is 0 Å². The molecule has 24 heavy (non-hydrogen) atoms. The van der Waals surface area contributed by atoms with Crippen molar-refractivity contribution in [2.75, 3.05) is 0 Å². The molecule has 1 aliphatic rings. The van der Waals surface area contributed by atoms with Crippen molar-refractivity contribution in [1.82, 2.24) is 14.7 Å². The van der Waals surface area contributed by atoms with Gasteiger partial charge in [0.05, 0.1) is 25.3 Å². The highest BCUT2D eigenvalue weighted by Gasteiger charge is 2.29. The molecule has 5 nitrogen and oxygen atoms in total. The van der Waals surface area contributed by atoms with E-state index in [1.54, 1.807) is 11.0 Å². The van der Waals surface area contributed by atoms with Gasteiger partial charge in [0, 0.05) is 21.8 Å². The lowest BCUT2D eigenvalue weighted by Gasteiger charge is -2.24. The van der Waals surface area contributed by atoms with Crippen LogP contribution in [0.15, 0.2) is 24.4 Å². The lowest BCUT2D eigenvalue weighted by atomic mass is 10.2. The fourth-order valence-corrected chi connectivity index (χ4v) is 3.21. The molecule has 2 heterocycles. The van der Waals surface area contributed by atoms with Crippen molar-refractivity contribution in [3.05, 3.63) is 51.3 Å². The van der Waals surface area contributed by atoms with E-state index in [0.29, 0.717) is 29.7 Å². The number of hydrogen-bond acceptors (Lipinski definition) is 3. The Bertz CT molecular complexity index is 737. The van der Waals surface area contributed by atoms with Gasteiger partial charge in [-0.1, -0.05) is 23.2 Å². The van der Waals surface area contributed by atoms with Gasteiger partial charge < -0.3 is 4.74 Å². The highest BCUT2D eigenvalue weighted by molar-refractivity contribution is 6.34. The van der Waals surface area contributed by atoms with Crippen molar-refractivity contribution in [3.8, 4) is 0 Å². The molecule has 3 rings (SSSR count). The highest BCUT2D eigenvalue weighted by Crippen LogP contribution is 2.25. The fraction of sp³-hybridized carbons (Fsp3) is 0.412. The first-order chi connectivity index (χ1) is 11.2. The van der Waals surface area contributed by atoms with Crippen molar-refractivity contribution < 1.29 is 9.53 Å². The summed E-state index contributed by atoms with van der Waals surface area (Å²) < 4.78 is 7.24. The summed E-state index contributed by atoms with van der Waals surface area (Å²) in [5.74, 6) is 0. The Morgan fingerprint density at radius 2 is 1.88 bits per heavy atom. The van der Waals surface area contributed by atoms with Crippen LogP contribution in [0.4, 0.5) is 4.79 Å². The zero-order valence-corrected chi connectivity index (χ0v) is 15.4. The van der Waals surface area contributed by atoms with E-state index in [4.69, 9.17) is 27.9 Å². The summed E-state index contributed by atoms with van der Waals surface area (Å²) >= 11 is 12.1. The lowest BCUT2D eigenvalue weighted by Crippen LogP contribution is -2.33. The Kier molecular flexibility index (Phi) is 4.49. The van der Waals surface area contributed by atoms with E-state index in [2.05, 4.69) is 5.10 Å². The summed E-state index contributed by atoms with van der Waals surface area (Å²) in [5.41, 5.74) is 2.42. The number of halogens is 2. The minimum atomic E-state index is -0.497. The molecule has 1 aromatic carbocycles. The van der Waals surface area contributed by atoms with Crippen LogP contribution in [-0.4, -0.2) is 26.4 Å². The third-order valence-corrected chi connectivity index (χ3v) is 3.98. The molecule has 0 spiro atoms. The molecule has 0 saturated heterocycles. The molecule has 0 N–H and O–H groups in total. The van der Waals surface area contributed by atoms with Crippen LogP contribution in [0, 0.1) is 0 Å². The first-order valence-electron chi connectivity index (χ1n) is 7.68. The molecule has 7 heteroatoms. The molecule has 0 saturated carbocycles. The Balaban J connectivity index is 1.67. The summed E-state index contributed by atoms with van der Waals surface area (Å²) in [6.45, 7) is 7.14. The number of fused-ring (bicyclic) bond motifs is 1. The van der Waals surface area contributed by atoms with E-state index < -0.39 is 5.60 Å². The second kappa shape index (κ2) is 6.30. The molecule has 0 unspecified atom stereocenters. The van der Waals surface area contributed by atoms with Crippen molar-refractivity contribution in [3.63, 3.8) is 0 Å². The van der Waals surface area contributed by atoms with E-state index >= 15 is 0 Å². The molecule has 0 aliphatic carbocycles. The minimum absolute atomic E-state index is 0.311. The van der Waals surface area contributed by atoms with Crippen LogP contribution < -0.4 is 0 Å². The maximum absolute atomic E-state index is 12.1. The van der Waals surface area contributed by atoms with Crippen molar-refractivity contribution in [1.29, 1.82) is 0 Å². The largest absolute Gasteiger partial charge is 0.444 e. The van der Waals surface area contributed by atoms with Crippen LogP contribution in [-0.2, 0) is 24.4 Å². The molecule has 0 atom stereocenters. The van der Waals surface area contributed by atoms with Gasteiger partial charge in [0.1, 0.15) is 5.60 Å². The average molecular weight is 368 g/mol. The number of benzene rings is 1. The van der Waals surface area contributed by atoms with Gasteiger partial charge in [-0.2, -0.15) is 5.10 Å². The second-order valence-electron chi connectivity index (χ2n) is 6.91. The van der Waals surface area contributed by atoms with Crippen LogP contribution in [0.25, 0.3) is 0 Å². The number of nitrogens with zero attached hydrogens (tertiary/aromatic N) is 3. The molecule has 0 radical (unpaired) electrons. The third-order valence-electron chi connectivity index (χ3n) is 3.55. The van der Waals surface area contributed by atoms with E-state index in [-0.39, 0.29) is 6.09 Å². The molecule has 0 fully saturated rings. The number of carbonyl (C=O) groups is 1. The van der Waals surface area contributed by atoms with Crippen LogP contribution in [0.5, 0.6) is 0 Å². The molecule has 1 aliphatic heterocycles. The van der Waals surface area contributed by atoms with E-state index in [1.165, 1.54) is 0 Å². The molecule has 0 bridgehead atoms. The maximum Gasteiger partial charge on any atom is 0.410 e. The fourth-order valence-electron chi connectivity index (χ4n) is 2.64. The van der Waals surface area contributed by atoms with Crippen molar-refractivity contribution >= 4 is 29.3 Å². The van der Waals surface area contributed by atoms with E-state index in [0.717, 1.165) is 16.8 Å². The number of rotatable bonds is 2. The number of hydrogen-bond donors (Lipinski definition) is 0. The summed E-state index contributed by atoms with van der Waals surface area (Å²) in [6, 6.07) is 5.44. The van der Waals surface area contributed by atoms with Gasteiger partial charge >= 0.3 is 6.09 Å². The predicted molar refractivity (Wildman–Crippen MR) is 93.3 cm³/mol. The van der Waals surface area contributed by atoms with Gasteiger partial charge in [0.15, 0.2) is 0 Å². The monoisotopic (exact) mass is 367 g/mol. The highest BCUT2D eigenvalue weighted by atomic mass is 35.5. The predicted octanol–water partition coefficient (Wildman–Crippen LogP) is 4.49. The van der Waals surface area contributed by atoms with Crippen LogP contribution in [0.3, 0.4) is 0 Å². The Labute approximate surface area is 151 Å². The topological polar surface area (TPSA) is 47.4 Å². The van der Waals surface area contributed by atoms with Crippen LogP contribution in [0.2, 0.25) is 10.0 Å². The standard InChI is InChI=1S/C17H19Cl2N3O2/c1-17(2,3)24-16(23)21-8-12-9-22(20-15(12)10-21)7-11-4-13(18)6-14(19)5-11/h4-6,9H,7-8,10H2,1-3H3. The average Bonchev–Trinajstić information content (AvgIpc) is 2.93. The third kappa shape index (κ3) is 4.02. The molecule has 2 aromatic rings. The SMILES string of the molecule is CC(C)(C)OC(=O)N1Cc2cn(Cc3cc(Cl)cc(Cl)c3)nc2C1. The van der Waals surface area contributed by atoms with Gasteiger partial charge in [-0.05, 0) is 44.5 Å². The van der Waals surface area contributed by atoms with Gasteiger partial charge in [-0.25, -0.2) is 4.79 Å². The molecular weight excluding hydrogens is 349 g/mol. The molecular formula is C17H19Cl2N3O2. The second-order valence-corrected chi connectivity index (χ2v) is 7.79. The van der Waals surface area contributed by atoms with Gasteiger partial charge in [-0.3, -0.25) is 9.58 Å². The Hall–Kier alpha value is -1.72. The summed E-state index contributed by atoms with van der Waals surface area (Å²) in [6.07, 6.45) is 1.64. The smallest absolute Gasteiger partial charge is 0.410 e. The van der Waals surface area contributed by atoms with Gasteiger partial charge in [-0.15, -0.1) is 0 Å². The maximum atomic E-state index is 12.1. The minimum Gasteiger partial charge on any atom is -0.444 e. The number of ether oxygens (including phenoxy) is 1. The Morgan fingerprint density at radius 1 is 1.21 bits per heavy atom. The number of carbonyl (C=O) groups excluding carboxylic acids is 1. The zero-order chi connectivity index (χ0) is 17.5. The quantitative estimate of drug-likeness (QED) is 0.785. The zero-order valence-electron chi connectivity index (χ0n) is 13.8. The number of aromatic nitrogens is 2. The first kappa shape index (κ1) is 17.1. The lowest BCUT2D eigenvalue weighted by molar-refractivity contribution is 0.0239. The van der Waals surface area contributed by atoms with Gasteiger partial charge in [0.2, 0.25) is 0 Å². The van der Waals surface area contributed by atoms with E-state index in [9.17, 15) is 4.79 Å². The molecule has 1 aromatic heterocycles. The van der Waals surface area contributed by atoms with Crippen molar-refractivity contribution in [2.45, 2.75) is 46.0 Å².